The van der Waals surface area contributed by atoms with Gasteiger partial charge in [-0.2, -0.15) is 18.3 Å². The van der Waals surface area contributed by atoms with Crippen LogP contribution in [0.25, 0.3) is 11.2 Å². The van der Waals surface area contributed by atoms with Crippen LogP contribution in [0.15, 0.2) is 36.0 Å². The maximum atomic E-state index is 13.0. The van der Waals surface area contributed by atoms with Crippen LogP contribution >= 0.6 is 11.6 Å². The molecule has 1 fully saturated rings. The molecule has 1 saturated heterocycles. The molecule has 14 heteroatoms. The fourth-order valence-electron chi connectivity index (χ4n) is 3.24. The van der Waals surface area contributed by atoms with Crippen molar-refractivity contribution in [2.75, 3.05) is 12.0 Å². The van der Waals surface area contributed by atoms with Crippen LogP contribution in [0.4, 0.5) is 19.0 Å². The van der Waals surface area contributed by atoms with Crippen LogP contribution in [0.5, 0.6) is 0 Å². The monoisotopic (exact) mass is 472 g/mol. The zero-order valence-electron chi connectivity index (χ0n) is 16.0. The van der Waals surface area contributed by atoms with Crippen molar-refractivity contribution in [3.63, 3.8) is 0 Å². The van der Waals surface area contributed by atoms with Gasteiger partial charge in [-0.25, -0.2) is 15.0 Å². The van der Waals surface area contributed by atoms with E-state index in [1.54, 1.807) is 0 Å². The van der Waals surface area contributed by atoms with E-state index < -0.39 is 47.9 Å². The number of ether oxygens (including phenoxy) is 1. The molecule has 0 bridgehead atoms. The SMILES string of the molecule is OC[C@H]1O[C@@H](n2cnc3c(N/N=C/c4ccc(Cl)c(C(F)(F)F)c4)ncnc32)[C@H](O)[C@@H]1O. The normalized spacial score (nSPS) is 24.0. The number of aromatic nitrogens is 4. The number of rotatable bonds is 5. The van der Waals surface area contributed by atoms with Crippen LogP contribution in [-0.4, -0.2) is 66.0 Å². The predicted octanol–water partition coefficient (Wildman–Crippen LogP) is 1.56. The highest BCUT2D eigenvalue weighted by molar-refractivity contribution is 6.31. The first-order valence-corrected chi connectivity index (χ1v) is 9.54. The van der Waals surface area contributed by atoms with E-state index >= 15 is 0 Å². The fourth-order valence-corrected chi connectivity index (χ4v) is 3.46. The summed E-state index contributed by atoms with van der Waals surface area (Å²) in [5.74, 6) is 0.141. The molecule has 4 rings (SSSR count). The van der Waals surface area contributed by atoms with E-state index in [2.05, 4.69) is 25.5 Å². The Labute approximate surface area is 183 Å². The van der Waals surface area contributed by atoms with Crippen molar-refractivity contribution in [3.05, 3.63) is 47.0 Å². The zero-order valence-corrected chi connectivity index (χ0v) is 16.7. The van der Waals surface area contributed by atoms with E-state index in [1.165, 1.54) is 23.3 Å². The Hall–Kier alpha value is -2.84. The Kier molecular flexibility index (Phi) is 6.01. The number of hydrogen-bond acceptors (Lipinski definition) is 9. The van der Waals surface area contributed by atoms with Crippen molar-refractivity contribution in [3.8, 4) is 0 Å². The molecule has 0 radical (unpaired) electrons. The third-order valence-electron chi connectivity index (χ3n) is 4.83. The molecule has 4 atom stereocenters. The molecule has 0 spiro atoms. The Morgan fingerprint density at radius 1 is 1.22 bits per heavy atom. The van der Waals surface area contributed by atoms with Gasteiger partial charge in [0.25, 0.3) is 0 Å². The summed E-state index contributed by atoms with van der Waals surface area (Å²) in [6, 6.07) is 3.35. The topological polar surface area (TPSA) is 138 Å². The van der Waals surface area contributed by atoms with Crippen LogP contribution in [0.3, 0.4) is 0 Å². The first kappa shape index (κ1) is 22.4. The van der Waals surface area contributed by atoms with Crippen molar-refractivity contribution >= 4 is 34.8 Å². The predicted molar refractivity (Wildman–Crippen MR) is 106 cm³/mol. The number of alkyl halides is 3. The highest BCUT2D eigenvalue weighted by Crippen LogP contribution is 2.35. The van der Waals surface area contributed by atoms with Crippen molar-refractivity contribution in [1.82, 2.24) is 19.5 Å². The van der Waals surface area contributed by atoms with Crippen molar-refractivity contribution in [2.24, 2.45) is 5.10 Å². The molecule has 0 saturated carbocycles. The van der Waals surface area contributed by atoms with E-state index in [0.29, 0.717) is 0 Å². The smallest absolute Gasteiger partial charge is 0.394 e. The van der Waals surface area contributed by atoms with E-state index in [1.807, 2.05) is 0 Å². The summed E-state index contributed by atoms with van der Waals surface area (Å²) in [7, 11) is 0. The van der Waals surface area contributed by atoms with Gasteiger partial charge in [0.1, 0.15) is 24.6 Å². The minimum Gasteiger partial charge on any atom is -0.394 e. The average molecular weight is 473 g/mol. The van der Waals surface area contributed by atoms with E-state index in [-0.39, 0.29) is 22.5 Å². The molecule has 1 aromatic carbocycles. The minimum absolute atomic E-state index is 0.141. The molecule has 10 nitrogen and oxygen atoms in total. The molecule has 3 aromatic rings. The van der Waals surface area contributed by atoms with Gasteiger partial charge in [0.05, 0.1) is 29.7 Å². The quantitative estimate of drug-likeness (QED) is 0.324. The Morgan fingerprint density at radius 2 is 2.00 bits per heavy atom. The number of hydrogen-bond donors (Lipinski definition) is 4. The summed E-state index contributed by atoms with van der Waals surface area (Å²) < 4.78 is 45.8. The number of anilines is 1. The number of imidazole rings is 1. The van der Waals surface area contributed by atoms with Gasteiger partial charge in [-0.3, -0.25) is 9.99 Å². The molecule has 4 N–H and O–H groups in total. The number of aliphatic hydroxyl groups excluding tert-OH is 3. The van der Waals surface area contributed by atoms with Gasteiger partial charge in [0.2, 0.25) is 0 Å². The molecule has 3 heterocycles. The molecule has 1 aliphatic heterocycles. The molecule has 0 amide bonds. The fraction of sp³-hybridized carbons (Fsp3) is 0.333. The summed E-state index contributed by atoms with van der Waals surface area (Å²) >= 11 is 5.60. The summed E-state index contributed by atoms with van der Waals surface area (Å²) in [4.78, 5) is 12.3. The Balaban J connectivity index is 1.57. The van der Waals surface area contributed by atoms with Gasteiger partial charge in [0, 0.05) is 0 Å². The number of benzene rings is 1. The number of aliphatic hydroxyl groups is 3. The molecular weight excluding hydrogens is 457 g/mol. The minimum atomic E-state index is -4.60. The lowest BCUT2D eigenvalue weighted by Gasteiger charge is -2.16. The lowest BCUT2D eigenvalue weighted by Crippen LogP contribution is -2.33. The van der Waals surface area contributed by atoms with Crippen LogP contribution in [0.1, 0.15) is 17.4 Å². The summed E-state index contributed by atoms with van der Waals surface area (Å²) in [5.41, 5.74) is 2.22. The van der Waals surface area contributed by atoms with Crippen molar-refractivity contribution in [1.29, 1.82) is 0 Å². The first-order chi connectivity index (χ1) is 15.2. The van der Waals surface area contributed by atoms with Crippen LogP contribution < -0.4 is 5.43 Å². The lowest BCUT2D eigenvalue weighted by atomic mass is 10.1. The van der Waals surface area contributed by atoms with Crippen molar-refractivity contribution in [2.45, 2.75) is 30.7 Å². The lowest BCUT2D eigenvalue weighted by molar-refractivity contribution is -0.137. The summed E-state index contributed by atoms with van der Waals surface area (Å²) in [6.45, 7) is -0.487. The highest BCUT2D eigenvalue weighted by atomic mass is 35.5. The molecule has 32 heavy (non-hydrogen) atoms. The highest BCUT2D eigenvalue weighted by Gasteiger charge is 2.44. The van der Waals surface area contributed by atoms with Gasteiger partial charge in [-0.1, -0.05) is 17.7 Å². The number of nitrogens with one attached hydrogen (secondary N) is 1. The third-order valence-corrected chi connectivity index (χ3v) is 5.16. The second kappa shape index (κ2) is 8.60. The van der Waals surface area contributed by atoms with Gasteiger partial charge in [-0.05, 0) is 17.7 Å². The maximum Gasteiger partial charge on any atom is 0.417 e. The van der Waals surface area contributed by atoms with E-state index in [4.69, 9.17) is 16.3 Å². The van der Waals surface area contributed by atoms with Gasteiger partial charge < -0.3 is 20.1 Å². The molecule has 0 unspecified atom stereocenters. The van der Waals surface area contributed by atoms with E-state index in [9.17, 15) is 28.5 Å². The zero-order chi connectivity index (χ0) is 23.0. The van der Waals surface area contributed by atoms with Gasteiger partial charge >= 0.3 is 6.18 Å². The number of hydrazone groups is 1. The van der Waals surface area contributed by atoms with Gasteiger partial charge in [-0.15, -0.1) is 0 Å². The second-order valence-electron chi connectivity index (χ2n) is 6.88. The molecule has 0 aliphatic carbocycles. The Bertz CT molecular complexity index is 1160. The van der Waals surface area contributed by atoms with Gasteiger partial charge in [0.15, 0.2) is 23.2 Å². The number of fused-ring (bicyclic) bond motifs is 1. The Morgan fingerprint density at radius 3 is 2.69 bits per heavy atom. The number of nitrogens with zero attached hydrogens (tertiary/aromatic N) is 5. The third kappa shape index (κ3) is 4.12. The van der Waals surface area contributed by atoms with Crippen LogP contribution in [0.2, 0.25) is 5.02 Å². The summed E-state index contributed by atoms with van der Waals surface area (Å²) in [6.07, 6.45) is -5.61. The molecular formula is C18H16ClF3N6O4. The number of halogens is 4. The standard InChI is InChI=1S/C18H16ClF3N6O4/c19-10-2-1-8(3-9(10)18(20,21)22)4-26-27-15-12-16(24-6-23-15)28(7-25-12)17-14(31)13(30)11(5-29)32-17/h1-4,6-7,11,13-14,17,29-31H,5H2,(H,23,24,27)/b26-4+/t11-,13-,14-,17-/m1/s1. The largest absolute Gasteiger partial charge is 0.417 e. The van der Waals surface area contributed by atoms with Crippen molar-refractivity contribution < 1.29 is 33.2 Å². The summed E-state index contributed by atoms with van der Waals surface area (Å²) in [5, 5.41) is 32.9. The van der Waals surface area contributed by atoms with E-state index in [0.717, 1.165) is 18.3 Å². The average Bonchev–Trinajstić information content (AvgIpc) is 3.30. The molecule has 2 aromatic heterocycles. The maximum absolute atomic E-state index is 13.0. The first-order valence-electron chi connectivity index (χ1n) is 9.16. The second-order valence-corrected chi connectivity index (χ2v) is 7.29. The van der Waals surface area contributed by atoms with Crippen LogP contribution in [0, 0.1) is 0 Å². The molecule has 170 valence electrons. The van der Waals surface area contributed by atoms with Crippen LogP contribution in [-0.2, 0) is 10.9 Å². The molecule has 1 aliphatic rings.